The van der Waals surface area contributed by atoms with Crippen LogP contribution in [0.2, 0.25) is 5.02 Å². The average Bonchev–Trinajstić information content (AvgIpc) is 2.94. The maximum absolute atomic E-state index is 12.8. The fourth-order valence-corrected chi connectivity index (χ4v) is 6.52. The van der Waals surface area contributed by atoms with Crippen LogP contribution in [0.4, 0.5) is 0 Å². The molecule has 3 N–H and O–H groups in total. The number of thioether (sulfide) groups is 1. The maximum Gasteiger partial charge on any atom is 0.249 e. The molecule has 0 radical (unpaired) electrons. The molecule has 4 rings (SSSR count). The first-order chi connectivity index (χ1) is 18.3. The van der Waals surface area contributed by atoms with Crippen molar-refractivity contribution in [2.24, 2.45) is 5.41 Å². The van der Waals surface area contributed by atoms with Crippen molar-refractivity contribution in [2.75, 3.05) is 32.5 Å². The molecule has 2 aromatic carbocycles. The zero-order chi connectivity index (χ0) is 27.1. The SMILES string of the molecule is COc1ccc2ncc(Cl)c([C@H](O)CCC3(C(=O)NO)CCN(CCCSc4cccc(C)c4)CC3)c2c1. The van der Waals surface area contributed by atoms with Crippen molar-refractivity contribution in [1.29, 1.82) is 0 Å². The Bertz CT molecular complexity index is 1250. The van der Waals surface area contributed by atoms with Gasteiger partial charge in [0.05, 0.1) is 29.2 Å². The number of aryl methyl sites for hydroxylation is 1. The number of hydrogen-bond acceptors (Lipinski definition) is 7. The van der Waals surface area contributed by atoms with Gasteiger partial charge in [-0.3, -0.25) is 15.0 Å². The van der Waals surface area contributed by atoms with Crippen LogP contribution in [0.25, 0.3) is 10.9 Å². The van der Waals surface area contributed by atoms with Gasteiger partial charge in [-0.15, -0.1) is 11.8 Å². The summed E-state index contributed by atoms with van der Waals surface area (Å²) in [6.07, 6.45) is 3.72. The van der Waals surface area contributed by atoms with Crippen LogP contribution in [0, 0.1) is 12.3 Å². The van der Waals surface area contributed by atoms with Crippen molar-refractivity contribution < 1.29 is 19.8 Å². The van der Waals surface area contributed by atoms with Gasteiger partial charge in [-0.05, 0) is 94.7 Å². The number of aromatic nitrogens is 1. The predicted molar refractivity (Wildman–Crippen MR) is 152 cm³/mol. The number of rotatable bonds is 11. The van der Waals surface area contributed by atoms with E-state index in [0.29, 0.717) is 47.5 Å². The van der Waals surface area contributed by atoms with E-state index in [9.17, 15) is 15.1 Å². The van der Waals surface area contributed by atoms with E-state index in [-0.39, 0.29) is 5.91 Å². The lowest BCUT2D eigenvalue weighted by atomic mass is 9.73. The van der Waals surface area contributed by atoms with Crippen molar-refractivity contribution in [2.45, 2.75) is 50.0 Å². The number of aliphatic hydroxyl groups excluding tert-OH is 1. The Morgan fingerprint density at radius 2 is 2.05 bits per heavy atom. The molecular weight excluding hydrogens is 522 g/mol. The molecule has 1 saturated heterocycles. The zero-order valence-electron chi connectivity index (χ0n) is 22.0. The number of pyridine rings is 1. The summed E-state index contributed by atoms with van der Waals surface area (Å²) in [4.78, 5) is 20.9. The summed E-state index contributed by atoms with van der Waals surface area (Å²) in [5, 5.41) is 21.8. The summed E-state index contributed by atoms with van der Waals surface area (Å²) in [6, 6.07) is 14.0. The van der Waals surface area contributed by atoms with Gasteiger partial charge in [0.2, 0.25) is 5.91 Å². The molecule has 7 nitrogen and oxygen atoms in total. The van der Waals surface area contributed by atoms with E-state index in [1.165, 1.54) is 10.5 Å². The maximum atomic E-state index is 12.8. The third-order valence-electron chi connectivity index (χ3n) is 7.57. The topological polar surface area (TPSA) is 94.9 Å². The minimum absolute atomic E-state index is 0.330. The smallest absolute Gasteiger partial charge is 0.249 e. The van der Waals surface area contributed by atoms with Crippen LogP contribution in [0.1, 0.15) is 49.3 Å². The predicted octanol–water partition coefficient (Wildman–Crippen LogP) is 5.79. The zero-order valence-corrected chi connectivity index (χ0v) is 23.5. The van der Waals surface area contributed by atoms with E-state index in [1.54, 1.807) is 13.3 Å². The van der Waals surface area contributed by atoms with Gasteiger partial charge >= 0.3 is 0 Å². The van der Waals surface area contributed by atoms with Crippen LogP contribution >= 0.6 is 23.4 Å². The molecule has 0 aliphatic carbocycles. The van der Waals surface area contributed by atoms with Crippen molar-refractivity contribution >= 4 is 40.2 Å². The van der Waals surface area contributed by atoms with E-state index < -0.39 is 11.5 Å². The monoisotopic (exact) mass is 557 g/mol. The van der Waals surface area contributed by atoms with Gasteiger partial charge in [-0.2, -0.15) is 0 Å². The second-order valence-electron chi connectivity index (χ2n) is 10.0. The highest BCUT2D eigenvalue weighted by Gasteiger charge is 2.41. The molecule has 1 fully saturated rings. The summed E-state index contributed by atoms with van der Waals surface area (Å²) >= 11 is 8.35. The minimum Gasteiger partial charge on any atom is -0.497 e. The molecule has 1 amide bonds. The second-order valence-corrected chi connectivity index (χ2v) is 11.6. The van der Waals surface area contributed by atoms with E-state index in [1.807, 2.05) is 35.4 Å². The standard InChI is InChI=1S/C29H36ClN3O4S/c1-20-5-3-6-22(17-20)38-16-4-13-33-14-11-29(12-15-33,28(35)32-36)10-9-26(34)27-23-18-21(37-2)7-8-25(23)31-19-24(27)30/h3,5-8,17-19,26,34,36H,4,9-16H2,1-2H3,(H,32,35)/t26-/m1/s1. The lowest BCUT2D eigenvalue weighted by Crippen LogP contribution is -2.48. The number of hydrogen-bond donors (Lipinski definition) is 3. The number of aliphatic hydroxyl groups is 1. The number of piperidine rings is 1. The molecule has 2 heterocycles. The summed E-state index contributed by atoms with van der Waals surface area (Å²) < 4.78 is 5.35. The van der Waals surface area contributed by atoms with E-state index >= 15 is 0 Å². The largest absolute Gasteiger partial charge is 0.497 e. The number of benzene rings is 2. The fourth-order valence-electron chi connectivity index (χ4n) is 5.29. The molecule has 1 atom stereocenters. The van der Waals surface area contributed by atoms with E-state index in [4.69, 9.17) is 16.3 Å². The highest BCUT2D eigenvalue weighted by atomic mass is 35.5. The number of hydroxylamine groups is 1. The Morgan fingerprint density at radius 3 is 2.76 bits per heavy atom. The lowest BCUT2D eigenvalue weighted by molar-refractivity contribution is -0.143. The van der Waals surface area contributed by atoms with Crippen LogP contribution in [-0.2, 0) is 4.79 Å². The number of nitrogens with zero attached hydrogens (tertiary/aromatic N) is 2. The Kier molecular flexibility index (Phi) is 9.90. The van der Waals surface area contributed by atoms with Crippen LogP contribution in [0.15, 0.2) is 53.6 Å². The van der Waals surface area contributed by atoms with Gasteiger partial charge in [0, 0.05) is 22.0 Å². The van der Waals surface area contributed by atoms with Gasteiger partial charge in [-0.25, -0.2) is 5.48 Å². The number of halogens is 1. The molecule has 0 bridgehead atoms. The Morgan fingerprint density at radius 1 is 1.26 bits per heavy atom. The van der Waals surface area contributed by atoms with Gasteiger partial charge < -0.3 is 14.7 Å². The molecule has 0 spiro atoms. The number of amides is 1. The Balaban J connectivity index is 1.35. The summed E-state index contributed by atoms with van der Waals surface area (Å²) in [5.41, 5.74) is 3.71. The number of ether oxygens (including phenoxy) is 1. The van der Waals surface area contributed by atoms with Crippen molar-refractivity contribution in [3.63, 3.8) is 0 Å². The Labute approximate surface area is 233 Å². The number of carbonyl (C=O) groups excluding carboxylic acids is 1. The van der Waals surface area contributed by atoms with Gasteiger partial charge in [0.15, 0.2) is 0 Å². The summed E-state index contributed by atoms with van der Waals surface area (Å²) in [7, 11) is 1.59. The van der Waals surface area contributed by atoms with Gasteiger partial charge in [0.25, 0.3) is 0 Å². The van der Waals surface area contributed by atoms with Gasteiger partial charge in [-0.1, -0.05) is 29.3 Å². The lowest BCUT2D eigenvalue weighted by Gasteiger charge is -2.40. The number of methoxy groups -OCH3 is 1. The number of fused-ring (bicyclic) bond motifs is 1. The van der Waals surface area contributed by atoms with Crippen molar-refractivity contribution in [1.82, 2.24) is 15.4 Å². The van der Waals surface area contributed by atoms with Crippen molar-refractivity contribution in [3.05, 3.63) is 64.8 Å². The van der Waals surface area contributed by atoms with Gasteiger partial charge in [0.1, 0.15) is 5.75 Å². The van der Waals surface area contributed by atoms with E-state index in [0.717, 1.165) is 37.2 Å². The fraction of sp³-hybridized carbons (Fsp3) is 0.448. The van der Waals surface area contributed by atoms with Crippen molar-refractivity contribution in [3.8, 4) is 5.75 Å². The second kappa shape index (κ2) is 13.1. The molecule has 0 unspecified atom stereocenters. The molecule has 1 aliphatic rings. The van der Waals surface area contributed by atoms with E-state index in [2.05, 4.69) is 41.1 Å². The highest BCUT2D eigenvalue weighted by Crippen LogP contribution is 2.41. The van der Waals surface area contributed by atoms with Crippen LogP contribution in [-0.4, -0.2) is 58.6 Å². The molecule has 1 aliphatic heterocycles. The van der Waals surface area contributed by atoms with Crippen LogP contribution < -0.4 is 10.2 Å². The summed E-state index contributed by atoms with van der Waals surface area (Å²) in [5.74, 6) is 1.31. The number of nitrogens with one attached hydrogen (secondary N) is 1. The quantitative estimate of drug-likeness (QED) is 0.119. The Hall–Kier alpha value is -2.36. The average molecular weight is 558 g/mol. The summed E-state index contributed by atoms with van der Waals surface area (Å²) in [6.45, 7) is 4.62. The minimum atomic E-state index is -0.889. The van der Waals surface area contributed by atoms with Crippen LogP contribution in [0.3, 0.4) is 0 Å². The first kappa shape index (κ1) is 28.6. The third-order valence-corrected chi connectivity index (χ3v) is 8.95. The third kappa shape index (κ3) is 6.79. The normalized spacial score (nSPS) is 16.3. The number of carbonyl (C=O) groups is 1. The molecular formula is C29H36ClN3O4S. The highest BCUT2D eigenvalue weighted by molar-refractivity contribution is 7.99. The molecule has 0 saturated carbocycles. The molecule has 9 heteroatoms. The molecule has 204 valence electrons. The molecule has 3 aromatic rings. The molecule has 1 aromatic heterocycles. The van der Waals surface area contributed by atoms with Crippen LogP contribution in [0.5, 0.6) is 5.75 Å². The first-order valence-electron chi connectivity index (χ1n) is 13.0. The number of likely N-dealkylation sites (tertiary alicyclic amines) is 1. The molecule has 38 heavy (non-hydrogen) atoms. The first-order valence-corrected chi connectivity index (χ1v) is 14.4.